The first-order chi connectivity index (χ1) is 18.5. The van der Waals surface area contributed by atoms with E-state index in [-0.39, 0.29) is 18.3 Å². The van der Waals surface area contributed by atoms with Gasteiger partial charge in [-0.05, 0) is 48.4 Å². The zero-order valence-corrected chi connectivity index (χ0v) is 23.2. The smallest absolute Gasteiger partial charge is 0.242 e. The summed E-state index contributed by atoms with van der Waals surface area (Å²) in [6.45, 7) is 5.11. The number of halogens is 2. The lowest BCUT2D eigenvalue weighted by Gasteiger charge is -2.33. The minimum absolute atomic E-state index is 0. The molecular formula is C30H29Cl2N5O2. The number of nitrogens with zero attached hydrogens (tertiary/aromatic N) is 5. The summed E-state index contributed by atoms with van der Waals surface area (Å²) in [6, 6.07) is 27.2. The molecule has 1 saturated heterocycles. The van der Waals surface area contributed by atoms with Crippen molar-refractivity contribution in [2.24, 2.45) is 0 Å². The summed E-state index contributed by atoms with van der Waals surface area (Å²) in [4.78, 5) is 16.9. The van der Waals surface area contributed by atoms with Crippen molar-refractivity contribution < 1.29 is 9.53 Å². The molecule has 9 heteroatoms. The molecule has 2 heterocycles. The van der Waals surface area contributed by atoms with Crippen LogP contribution in [0.4, 0.5) is 5.82 Å². The van der Waals surface area contributed by atoms with E-state index in [0.29, 0.717) is 49.2 Å². The second kappa shape index (κ2) is 12.8. The van der Waals surface area contributed by atoms with Crippen molar-refractivity contribution in [3.05, 3.63) is 112 Å². The lowest BCUT2D eigenvalue weighted by molar-refractivity contribution is -0.121. The molecule has 0 aliphatic carbocycles. The van der Waals surface area contributed by atoms with Crippen LogP contribution in [0.25, 0.3) is 0 Å². The number of anilines is 1. The van der Waals surface area contributed by atoms with Crippen LogP contribution in [-0.2, 0) is 24.5 Å². The second-order valence-electron chi connectivity index (χ2n) is 9.40. The lowest BCUT2D eigenvalue weighted by Crippen LogP contribution is -2.50. The molecule has 1 amide bonds. The summed E-state index contributed by atoms with van der Waals surface area (Å²) in [6.07, 6.45) is 0. The molecule has 0 N–H and O–H groups in total. The number of hydrogen-bond acceptors (Lipinski definition) is 5. The van der Waals surface area contributed by atoms with Crippen LogP contribution in [0.1, 0.15) is 27.9 Å². The molecule has 39 heavy (non-hydrogen) atoms. The predicted octanol–water partition coefficient (Wildman–Crippen LogP) is 5.61. The maximum Gasteiger partial charge on any atom is 0.242 e. The summed E-state index contributed by atoms with van der Waals surface area (Å²) >= 11 is 6.32. The normalized spacial score (nSPS) is 13.6. The van der Waals surface area contributed by atoms with Crippen molar-refractivity contribution in [3.8, 4) is 11.8 Å². The molecule has 3 aromatic carbocycles. The van der Waals surface area contributed by atoms with Gasteiger partial charge in [-0.15, -0.1) is 12.4 Å². The number of benzene rings is 3. The average molecular weight is 563 g/mol. The van der Waals surface area contributed by atoms with Crippen molar-refractivity contribution in [2.75, 3.05) is 24.5 Å². The van der Waals surface area contributed by atoms with Gasteiger partial charge in [0.15, 0.2) is 5.82 Å². The van der Waals surface area contributed by atoms with Crippen LogP contribution in [0, 0.1) is 18.3 Å². The van der Waals surface area contributed by atoms with Crippen LogP contribution in [0.15, 0.2) is 78.9 Å². The van der Waals surface area contributed by atoms with Crippen molar-refractivity contribution in [2.45, 2.75) is 26.6 Å². The molecule has 1 aliphatic heterocycles. The molecule has 5 rings (SSSR count). The van der Waals surface area contributed by atoms with Crippen LogP contribution in [0.2, 0.25) is 5.02 Å². The predicted molar refractivity (Wildman–Crippen MR) is 154 cm³/mol. The Balaban J connectivity index is 0.00000353. The maximum absolute atomic E-state index is 13.1. The fraction of sp³-hybridized carbons (Fsp3) is 0.233. The van der Waals surface area contributed by atoms with Gasteiger partial charge in [0, 0.05) is 42.0 Å². The zero-order valence-electron chi connectivity index (χ0n) is 21.6. The van der Waals surface area contributed by atoms with E-state index in [4.69, 9.17) is 26.7 Å². The van der Waals surface area contributed by atoms with E-state index in [2.05, 4.69) is 11.0 Å². The van der Waals surface area contributed by atoms with Gasteiger partial charge in [-0.3, -0.25) is 19.3 Å². The quantitative estimate of drug-likeness (QED) is 0.279. The van der Waals surface area contributed by atoms with Crippen molar-refractivity contribution >= 4 is 35.7 Å². The van der Waals surface area contributed by atoms with Gasteiger partial charge in [0.25, 0.3) is 0 Å². The molecule has 1 aromatic heterocycles. The molecular weight excluding hydrogens is 533 g/mol. The molecule has 0 radical (unpaired) electrons. The Kier molecular flexibility index (Phi) is 9.26. The Morgan fingerprint density at radius 2 is 1.77 bits per heavy atom. The number of ether oxygens (including phenoxy) is 1. The fourth-order valence-electron chi connectivity index (χ4n) is 4.59. The topological polar surface area (TPSA) is 74.4 Å². The van der Waals surface area contributed by atoms with Gasteiger partial charge in [-0.1, -0.05) is 54.1 Å². The number of carbonyl (C=O) groups excluding carboxylic acids is 1. The van der Waals surface area contributed by atoms with Crippen LogP contribution in [-0.4, -0.2) is 40.2 Å². The van der Waals surface area contributed by atoms with Gasteiger partial charge in [0.05, 0.1) is 24.7 Å². The number of carbonyl (C=O) groups is 1. The molecule has 1 aliphatic rings. The molecule has 0 spiro atoms. The van der Waals surface area contributed by atoms with Crippen molar-refractivity contribution in [1.82, 2.24) is 14.7 Å². The number of aromatic nitrogens is 2. The summed E-state index contributed by atoms with van der Waals surface area (Å²) in [5.41, 5.74) is 4.60. The standard InChI is InChI=1S/C30H28ClN5O2.ClH/c1-22-14-29(35-13-12-34(20-30(35)37)18-25-9-5-8-24(15-25)17-32)33-36(22)19-26-16-27(31)10-11-28(26)38-21-23-6-3-2-4-7-23;/h2-11,14-16H,12-13,18-21H2,1H3;1H. The molecule has 0 saturated carbocycles. The number of piperazine rings is 1. The minimum Gasteiger partial charge on any atom is -0.489 e. The van der Waals surface area contributed by atoms with Crippen LogP contribution < -0.4 is 9.64 Å². The van der Waals surface area contributed by atoms with Gasteiger partial charge in [0.2, 0.25) is 5.91 Å². The van der Waals surface area contributed by atoms with E-state index in [0.717, 1.165) is 34.7 Å². The van der Waals surface area contributed by atoms with E-state index in [1.54, 1.807) is 11.0 Å². The maximum atomic E-state index is 13.1. The van der Waals surface area contributed by atoms with Gasteiger partial charge >= 0.3 is 0 Å². The monoisotopic (exact) mass is 561 g/mol. The van der Waals surface area contributed by atoms with Crippen molar-refractivity contribution in [3.63, 3.8) is 0 Å². The van der Waals surface area contributed by atoms with Gasteiger partial charge in [0.1, 0.15) is 12.4 Å². The summed E-state index contributed by atoms with van der Waals surface area (Å²) in [7, 11) is 0. The molecule has 0 unspecified atom stereocenters. The van der Waals surface area contributed by atoms with E-state index < -0.39 is 0 Å². The van der Waals surface area contributed by atoms with Crippen molar-refractivity contribution in [1.29, 1.82) is 5.26 Å². The third-order valence-corrected chi connectivity index (χ3v) is 6.82. The molecule has 1 fully saturated rings. The third kappa shape index (κ3) is 6.98. The summed E-state index contributed by atoms with van der Waals surface area (Å²) < 4.78 is 8.00. The SMILES string of the molecule is Cc1cc(N2CCN(Cc3cccc(C#N)c3)CC2=O)nn1Cc1cc(Cl)ccc1OCc1ccccc1.Cl. The number of aryl methyl sites for hydroxylation is 1. The second-order valence-corrected chi connectivity index (χ2v) is 9.83. The Hall–Kier alpha value is -3.83. The highest BCUT2D eigenvalue weighted by Crippen LogP contribution is 2.26. The van der Waals surface area contributed by atoms with Gasteiger partial charge in [-0.25, -0.2) is 0 Å². The third-order valence-electron chi connectivity index (χ3n) is 6.59. The first kappa shape index (κ1) is 28.2. The first-order valence-electron chi connectivity index (χ1n) is 12.5. The Morgan fingerprint density at radius 3 is 2.54 bits per heavy atom. The van der Waals surface area contributed by atoms with E-state index in [1.165, 1.54) is 0 Å². The Morgan fingerprint density at radius 1 is 0.974 bits per heavy atom. The lowest BCUT2D eigenvalue weighted by atomic mass is 10.1. The highest BCUT2D eigenvalue weighted by Gasteiger charge is 2.27. The largest absolute Gasteiger partial charge is 0.489 e. The van der Waals surface area contributed by atoms with Crippen LogP contribution in [0.5, 0.6) is 5.75 Å². The molecule has 0 bridgehead atoms. The minimum atomic E-state index is 0. The van der Waals surface area contributed by atoms with Gasteiger partial charge in [-0.2, -0.15) is 10.4 Å². The van der Waals surface area contributed by atoms with Gasteiger partial charge < -0.3 is 4.74 Å². The zero-order chi connectivity index (χ0) is 26.5. The van der Waals surface area contributed by atoms with Crippen LogP contribution >= 0.6 is 24.0 Å². The number of nitriles is 1. The average Bonchev–Trinajstić information content (AvgIpc) is 3.28. The van der Waals surface area contributed by atoms with E-state index in [9.17, 15) is 4.79 Å². The first-order valence-corrected chi connectivity index (χ1v) is 12.9. The number of amides is 1. The summed E-state index contributed by atoms with van der Waals surface area (Å²) in [5.74, 6) is 1.40. The highest BCUT2D eigenvalue weighted by atomic mass is 35.5. The number of rotatable bonds is 8. The molecule has 200 valence electrons. The Labute approximate surface area is 239 Å². The molecule has 7 nitrogen and oxygen atoms in total. The molecule has 4 aromatic rings. The Bertz CT molecular complexity index is 1480. The number of hydrogen-bond donors (Lipinski definition) is 0. The summed E-state index contributed by atoms with van der Waals surface area (Å²) in [5, 5.41) is 14.5. The van der Waals surface area contributed by atoms with E-state index >= 15 is 0 Å². The molecule has 0 atom stereocenters. The van der Waals surface area contributed by atoms with E-state index in [1.807, 2.05) is 84.4 Å². The van der Waals surface area contributed by atoms with Crippen LogP contribution in [0.3, 0.4) is 0 Å². The fourth-order valence-corrected chi connectivity index (χ4v) is 4.79. The highest BCUT2D eigenvalue weighted by molar-refractivity contribution is 6.30.